The van der Waals surface area contributed by atoms with Crippen molar-refractivity contribution in [1.29, 1.82) is 0 Å². The number of methoxy groups -OCH3 is 1. The number of carbonyl (C=O) groups excluding carboxylic acids is 1. The highest BCUT2D eigenvalue weighted by Gasteiger charge is 2.31. The Morgan fingerprint density at radius 1 is 1.11 bits per heavy atom. The van der Waals surface area contributed by atoms with Crippen molar-refractivity contribution in [1.82, 2.24) is 9.62 Å². The van der Waals surface area contributed by atoms with Gasteiger partial charge in [-0.2, -0.15) is 4.31 Å². The van der Waals surface area contributed by atoms with Crippen LogP contribution in [-0.2, 0) is 10.0 Å². The summed E-state index contributed by atoms with van der Waals surface area (Å²) in [6.07, 6.45) is 1.15. The van der Waals surface area contributed by atoms with Gasteiger partial charge in [-0.05, 0) is 50.5 Å². The van der Waals surface area contributed by atoms with Gasteiger partial charge in [-0.15, -0.1) is 0 Å². The molecule has 0 aromatic heterocycles. The number of para-hydroxylation sites is 1. The van der Waals surface area contributed by atoms with Gasteiger partial charge in [-0.25, -0.2) is 8.42 Å². The van der Waals surface area contributed by atoms with Gasteiger partial charge in [0.1, 0.15) is 5.75 Å². The number of hydrogen-bond acceptors (Lipinski definition) is 4. The summed E-state index contributed by atoms with van der Waals surface area (Å²) in [5.41, 5.74) is 2.27. The van der Waals surface area contributed by atoms with Crippen LogP contribution in [0.1, 0.15) is 34.3 Å². The molecule has 0 unspecified atom stereocenters. The van der Waals surface area contributed by atoms with Gasteiger partial charge in [0.2, 0.25) is 10.0 Å². The molecule has 0 atom stereocenters. The lowest BCUT2D eigenvalue weighted by atomic mass is 10.1. The lowest BCUT2D eigenvalue weighted by molar-refractivity contribution is 0.0921. The van der Waals surface area contributed by atoms with E-state index < -0.39 is 10.0 Å². The molecule has 1 saturated heterocycles. The van der Waals surface area contributed by atoms with Gasteiger partial charge in [0.25, 0.3) is 5.91 Å². The third-order valence-corrected chi connectivity index (χ3v) is 7.15. The molecule has 1 fully saturated rings. The van der Waals surface area contributed by atoms with Gasteiger partial charge >= 0.3 is 0 Å². The predicted molar refractivity (Wildman–Crippen MR) is 108 cm³/mol. The molecule has 2 aromatic rings. The predicted octanol–water partition coefficient (Wildman–Crippen LogP) is 2.90. The summed E-state index contributed by atoms with van der Waals surface area (Å²) in [4.78, 5) is 12.9. The van der Waals surface area contributed by atoms with Crippen LogP contribution in [0.4, 0.5) is 0 Å². The van der Waals surface area contributed by atoms with Gasteiger partial charge < -0.3 is 10.1 Å². The van der Waals surface area contributed by atoms with Crippen molar-refractivity contribution >= 4 is 15.9 Å². The minimum absolute atomic E-state index is 0.0667. The molecule has 1 aliphatic heterocycles. The molecule has 1 amide bonds. The van der Waals surface area contributed by atoms with Crippen LogP contribution in [0.25, 0.3) is 0 Å². The van der Waals surface area contributed by atoms with Crippen LogP contribution < -0.4 is 10.1 Å². The molecule has 3 rings (SSSR count). The second-order valence-electron chi connectivity index (χ2n) is 7.12. The number of sulfonamides is 1. The van der Waals surface area contributed by atoms with E-state index in [1.165, 1.54) is 11.4 Å². The van der Waals surface area contributed by atoms with Gasteiger partial charge in [0.05, 0.1) is 17.6 Å². The Kier molecular flexibility index (Phi) is 6.05. The van der Waals surface area contributed by atoms with Crippen molar-refractivity contribution in [2.24, 2.45) is 0 Å². The Labute approximate surface area is 166 Å². The molecule has 28 heavy (non-hydrogen) atoms. The third-order valence-electron chi connectivity index (χ3n) is 5.09. The fourth-order valence-electron chi connectivity index (χ4n) is 3.56. The van der Waals surface area contributed by atoms with Crippen LogP contribution in [-0.4, -0.2) is 44.9 Å². The normalized spacial score (nSPS) is 16.0. The lowest BCUT2D eigenvalue weighted by Crippen LogP contribution is -2.46. The first-order valence-corrected chi connectivity index (χ1v) is 10.8. The highest BCUT2D eigenvalue weighted by Crippen LogP contribution is 2.25. The van der Waals surface area contributed by atoms with Crippen LogP contribution in [0.5, 0.6) is 5.75 Å². The van der Waals surface area contributed by atoms with E-state index >= 15 is 0 Å². The summed E-state index contributed by atoms with van der Waals surface area (Å²) >= 11 is 0. The molecule has 2 aromatic carbocycles. The SMILES string of the molecule is COc1ccccc1C(=O)NC1CCN(S(=O)(=O)c2ccc(C)cc2C)CC1. The zero-order valence-corrected chi connectivity index (χ0v) is 17.3. The van der Waals surface area contributed by atoms with E-state index in [2.05, 4.69) is 5.32 Å². The molecular formula is C21H26N2O4S. The second kappa shape index (κ2) is 8.32. The van der Waals surface area contributed by atoms with Crippen molar-refractivity contribution in [2.45, 2.75) is 37.6 Å². The standard InChI is InChI=1S/C21H26N2O4S/c1-15-8-9-20(16(2)14-15)28(25,26)23-12-10-17(11-13-23)22-21(24)18-6-4-5-7-19(18)27-3/h4-9,14,17H,10-13H2,1-3H3,(H,22,24). The van der Waals surface area contributed by atoms with E-state index in [0.717, 1.165) is 11.1 Å². The summed E-state index contributed by atoms with van der Waals surface area (Å²) in [6, 6.07) is 12.4. The Hall–Kier alpha value is -2.38. The smallest absolute Gasteiger partial charge is 0.255 e. The highest BCUT2D eigenvalue weighted by atomic mass is 32.2. The monoisotopic (exact) mass is 402 g/mol. The van der Waals surface area contributed by atoms with Crippen molar-refractivity contribution in [2.75, 3.05) is 20.2 Å². The lowest BCUT2D eigenvalue weighted by Gasteiger charge is -2.32. The Morgan fingerprint density at radius 2 is 1.79 bits per heavy atom. The van der Waals surface area contributed by atoms with Crippen LogP contribution in [0.2, 0.25) is 0 Å². The maximum Gasteiger partial charge on any atom is 0.255 e. The van der Waals surface area contributed by atoms with E-state index in [0.29, 0.717) is 42.1 Å². The van der Waals surface area contributed by atoms with E-state index in [9.17, 15) is 13.2 Å². The number of piperidine rings is 1. The molecule has 0 aliphatic carbocycles. The number of amides is 1. The molecule has 1 heterocycles. The Morgan fingerprint density at radius 3 is 2.43 bits per heavy atom. The van der Waals surface area contributed by atoms with E-state index in [-0.39, 0.29) is 11.9 Å². The topological polar surface area (TPSA) is 75.7 Å². The summed E-state index contributed by atoms with van der Waals surface area (Å²) < 4.78 is 32.7. The molecule has 1 N–H and O–H groups in total. The maximum atomic E-state index is 13.0. The third kappa shape index (κ3) is 4.20. The number of nitrogens with zero attached hydrogens (tertiary/aromatic N) is 1. The van der Waals surface area contributed by atoms with Gasteiger partial charge in [-0.1, -0.05) is 29.8 Å². The Balaban J connectivity index is 1.65. The van der Waals surface area contributed by atoms with Crippen LogP contribution in [0.3, 0.4) is 0 Å². The number of nitrogens with one attached hydrogen (secondary N) is 1. The number of rotatable bonds is 5. The zero-order valence-electron chi connectivity index (χ0n) is 16.4. The van der Waals surface area contributed by atoms with Gasteiger partial charge in [0, 0.05) is 19.1 Å². The van der Waals surface area contributed by atoms with E-state index in [1.54, 1.807) is 24.3 Å². The average molecular weight is 403 g/mol. The molecular weight excluding hydrogens is 376 g/mol. The minimum atomic E-state index is -3.52. The number of aryl methyl sites for hydroxylation is 2. The fourth-order valence-corrected chi connectivity index (χ4v) is 5.24. The average Bonchev–Trinajstić information content (AvgIpc) is 2.68. The number of ether oxygens (including phenoxy) is 1. The molecule has 1 aliphatic rings. The number of benzene rings is 2. The molecule has 7 heteroatoms. The van der Waals surface area contributed by atoms with Crippen molar-refractivity contribution in [3.05, 3.63) is 59.2 Å². The first-order chi connectivity index (χ1) is 13.3. The first kappa shape index (κ1) is 20.4. The van der Waals surface area contributed by atoms with Crippen molar-refractivity contribution in [3.63, 3.8) is 0 Å². The number of carbonyl (C=O) groups is 1. The summed E-state index contributed by atoms with van der Waals surface area (Å²) in [5.74, 6) is 0.322. The van der Waals surface area contributed by atoms with Crippen LogP contribution >= 0.6 is 0 Å². The largest absolute Gasteiger partial charge is 0.496 e. The highest BCUT2D eigenvalue weighted by molar-refractivity contribution is 7.89. The molecule has 0 radical (unpaired) electrons. The molecule has 0 spiro atoms. The van der Waals surface area contributed by atoms with E-state index in [4.69, 9.17) is 4.74 Å². The van der Waals surface area contributed by atoms with Crippen LogP contribution in [0.15, 0.2) is 47.4 Å². The van der Waals surface area contributed by atoms with Crippen LogP contribution in [0, 0.1) is 13.8 Å². The van der Waals surface area contributed by atoms with Crippen molar-refractivity contribution < 1.29 is 17.9 Å². The maximum absolute atomic E-state index is 13.0. The molecule has 0 saturated carbocycles. The number of hydrogen-bond donors (Lipinski definition) is 1. The fraction of sp³-hybridized carbons (Fsp3) is 0.381. The minimum Gasteiger partial charge on any atom is -0.496 e. The molecule has 6 nitrogen and oxygen atoms in total. The second-order valence-corrected chi connectivity index (χ2v) is 9.03. The first-order valence-electron chi connectivity index (χ1n) is 9.34. The van der Waals surface area contributed by atoms with E-state index in [1.807, 2.05) is 32.0 Å². The quantitative estimate of drug-likeness (QED) is 0.834. The van der Waals surface area contributed by atoms with Gasteiger partial charge in [0.15, 0.2) is 0 Å². The summed E-state index contributed by atoms with van der Waals surface area (Å²) in [5, 5.41) is 3.00. The van der Waals surface area contributed by atoms with Crippen molar-refractivity contribution in [3.8, 4) is 5.75 Å². The Bertz CT molecular complexity index is 964. The summed E-state index contributed by atoms with van der Waals surface area (Å²) in [6.45, 7) is 4.53. The molecule has 150 valence electrons. The molecule has 0 bridgehead atoms. The summed E-state index contributed by atoms with van der Waals surface area (Å²) in [7, 11) is -1.99. The van der Waals surface area contributed by atoms with Gasteiger partial charge in [-0.3, -0.25) is 4.79 Å². The zero-order chi connectivity index (χ0) is 20.3.